The van der Waals surface area contributed by atoms with E-state index in [1.807, 2.05) is 13.0 Å². The largest absolute Gasteiger partial charge is 0.352 e. The Morgan fingerprint density at radius 3 is 2.27 bits per heavy atom. The summed E-state index contributed by atoms with van der Waals surface area (Å²) in [4.78, 5) is 28.6. The number of carbonyl (C=O) groups excluding carboxylic acids is 2. The van der Waals surface area contributed by atoms with Gasteiger partial charge in [0.25, 0.3) is 10.0 Å². The first-order chi connectivity index (χ1) is 19.1. The molecule has 0 heterocycles. The number of nitrogens with one attached hydrogen (secondary N) is 1. The smallest absolute Gasteiger partial charge is 0.264 e. The molecule has 0 spiro atoms. The Labute approximate surface area is 236 Å². The second-order valence-electron chi connectivity index (χ2n) is 10.4. The van der Waals surface area contributed by atoms with E-state index in [1.165, 1.54) is 23.1 Å². The van der Waals surface area contributed by atoms with E-state index in [2.05, 4.69) is 5.32 Å². The van der Waals surface area contributed by atoms with Gasteiger partial charge in [0, 0.05) is 18.2 Å². The van der Waals surface area contributed by atoms with Crippen LogP contribution < -0.4 is 9.62 Å². The van der Waals surface area contributed by atoms with Crippen LogP contribution in [0.3, 0.4) is 0 Å². The van der Waals surface area contributed by atoms with Crippen LogP contribution >= 0.6 is 0 Å². The lowest BCUT2D eigenvalue weighted by Crippen LogP contribution is -2.52. The van der Waals surface area contributed by atoms with Crippen molar-refractivity contribution in [2.24, 2.45) is 0 Å². The lowest BCUT2D eigenvalue weighted by molar-refractivity contribution is -0.139. The zero-order valence-electron chi connectivity index (χ0n) is 23.1. The van der Waals surface area contributed by atoms with Crippen molar-refractivity contribution in [1.29, 1.82) is 0 Å². The highest BCUT2D eigenvalue weighted by Crippen LogP contribution is 2.28. The van der Waals surface area contributed by atoms with Gasteiger partial charge in [0.05, 0.1) is 10.6 Å². The van der Waals surface area contributed by atoms with E-state index in [0.717, 1.165) is 35.6 Å². The highest BCUT2D eigenvalue weighted by Gasteiger charge is 2.34. The minimum atomic E-state index is -4.15. The molecular weight excluding hydrogens is 529 g/mol. The molecule has 0 saturated heterocycles. The van der Waals surface area contributed by atoms with E-state index in [1.54, 1.807) is 62.4 Å². The lowest BCUT2D eigenvalue weighted by Gasteiger charge is -2.33. The van der Waals surface area contributed by atoms with Gasteiger partial charge in [0.15, 0.2) is 0 Å². The number of rotatable bonds is 10. The van der Waals surface area contributed by atoms with Crippen LogP contribution in [0.1, 0.15) is 49.3 Å². The van der Waals surface area contributed by atoms with Crippen LogP contribution in [-0.2, 0) is 26.2 Å². The summed E-state index contributed by atoms with van der Waals surface area (Å²) in [7, 11) is -4.15. The zero-order chi connectivity index (χ0) is 28.9. The molecule has 7 nitrogen and oxygen atoms in total. The molecule has 40 heavy (non-hydrogen) atoms. The third kappa shape index (κ3) is 6.70. The molecule has 1 aliphatic carbocycles. The summed E-state index contributed by atoms with van der Waals surface area (Å²) in [5, 5.41) is 3.01. The van der Waals surface area contributed by atoms with Crippen LogP contribution in [0, 0.1) is 19.7 Å². The summed E-state index contributed by atoms with van der Waals surface area (Å²) in [6, 6.07) is 18.4. The Kier molecular flexibility index (Phi) is 9.25. The second-order valence-corrected chi connectivity index (χ2v) is 12.3. The lowest BCUT2D eigenvalue weighted by atomic mass is 10.1. The molecule has 1 N–H and O–H groups in total. The highest BCUT2D eigenvalue weighted by molar-refractivity contribution is 7.92. The predicted molar refractivity (Wildman–Crippen MR) is 154 cm³/mol. The molecule has 0 unspecified atom stereocenters. The molecule has 1 aliphatic rings. The van der Waals surface area contributed by atoms with Crippen LogP contribution in [0.15, 0.2) is 77.7 Å². The number of amides is 2. The summed E-state index contributed by atoms with van der Waals surface area (Å²) in [6.07, 6.45) is 3.80. The standard InChI is InChI=1S/C31H36FN3O4S/c1-22-17-18-29(23(2)19-22)35(40(38,39)27-14-5-4-6-15-27)21-30(36)34(20-25-11-7-10-16-28(25)32)24(3)31(37)33-26-12-8-9-13-26/h4-7,10-11,14-19,24,26H,8-9,12-13,20-21H2,1-3H3,(H,33,37)/t24-/m0/s1. The van der Waals surface area contributed by atoms with E-state index < -0.39 is 34.3 Å². The molecule has 9 heteroatoms. The Bertz CT molecular complexity index is 1460. The van der Waals surface area contributed by atoms with E-state index in [9.17, 15) is 22.4 Å². The minimum absolute atomic E-state index is 0.0329. The average Bonchev–Trinajstić information content (AvgIpc) is 3.44. The number of hydrogen-bond donors (Lipinski definition) is 1. The number of halogens is 1. The maximum Gasteiger partial charge on any atom is 0.264 e. The van der Waals surface area contributed by atoms with E-state index >= 15 is 0 Å². The number of sulfonamides is 1. The number of hydrogen-bond acceptors (Lipinski definition) is 4. The van der Waals surface area contributed by atoms with Crippen molar-refractivity contribution in [1.82, 2.24) is 10.2 Å². The third-order valence-corrected chi connectivity index (χ3v) is 9.17. The summed E-state index contributed by atoms with van der Waals surface area (Å²) in [5.74, 6) is -1.47. The van der Waals surface area contributed by atoms with E-state index in [4.69, 9.17) is 0 Å². The first-order valence-electron chi connectivity index (χ1n) is 13.6. The molecular formula is C31H36FN3O4S. The number of anilines is 1. The monoisotopic (exact) mass is 565 g/mol. The Balaban J connectivity index is 1.71. The van der Waals surface area contributed by atoms with Gasteiger partial charge < -0.3 is 10.2 Å². The number of nitrogens with zero attached hydrogens (tertiary/aromatic N) is 2. The van der Waals surface area contributed by atoms with Crippen molar-refractivity contribution >= 4 is 27.5 Å². The molecule has 3 aromatic carbocycles. The fraction of sp³-hybridized carbons (Fsp3) is 0.355. The van der Waals surface area contributed by atoms with Crippen LogP contribution in [0.4, 0.5) is 10.1 Å². The second kappa shape index (κ2) is 12.6. The SMILES string of the molecule is Cc1ccc(N(CC(=O)N(Cc2ccccc2F)[C@@H](C)C(=O)NC2CCCC2)S(=O)(=O)c2ccccc2)c(C)c1. The molecule has 2 amide bonds. The normalized spacial score (nSPS) is 14.5. The summed E-state index contributed by atoms with van der Waals surface area (Å²) in [6.45, 7) is 4.54. The molecule has 1 fully saturated rings. The maximum atomic E-state index is 14.7. The maximum absolute atomic E-state index is 14.7. The summed E-state index contributed by atoms with van der Waals surface area (Å²) in [5.41, 5.74) is 2.22. The molecule has 0 bridgehead atoms. The fourth-order valence-corrected chi connectivity index (χ4v) is 6.60. The topological polar surface area (TPSA) is 86.8 Å². The van der Waals surface area contributed by atoms with Crippen molar-refractivity contribution in [2.45, 2.75) is 70.0 Å². The first-order valence-corrected chi connectivity index (χ1v) is 15.0. The van der Waals surface area contributed by atoms with Gasteiger partial charge in [-0.15, -0.1) is 0 Å². The van der Waals surface area contributed by atoms with Gasteiger partial charge >= 0.3 is 0 Å². The van der Waals surface area contributed by atoms with Crippen molar-refractivity contribution in [2.75, 3.05) is 10.8 Å². The van der Waals surface area contributed by atoms with Gasteiger partial charge in [-0.25, -0.2) is 12.8 Å². The van der Waals surface area contributed by atoms with Gasteiger partial charge in [-0.1, -0.05) is 66.9 Å². The average molecular weight is 566 g/mol. The van der Waals surface area contributed by atoms with E-state index in [0.29, 0.717) is 11.3 Å². The van der Waals surface area contributed by atoms with Crippen LogP contribution in [0.2, 0.25) is 0 Å². The zero-order valence-corrected chi connectivity index (χ0v) is 24.0. The molecule has 0 aromatic heterocycles. The number of benzene rings is 3. The third-order valence-electron chi connectivity index (χ3n) is 7.40. The molecule has 4 rings (SSSR count). The fourth-order valence-electron chi connectivity index (χ4n) is 5.10. The molecule has 3 aromatic rings. The molecule has 0 aliphatic heterocycles. The van der Waals surface area contributed by atoms with Gasteiger partial charge in [0.2, 0.25) is 11.8 Å². The van der Waals surface area contributed by atoms with Gasteiger partial charge in [-0.05, 0) is 63.4 Å². The van der Waals surface area contributed by atoms with Gasteiger partial charge in [-0.2, -0.15) is 0 Å². The Morgan fingerprint density at radius 1 is 0.975 bits per heavy atom. The van der Waals surface area contributed by atoms with Crippen LogP contribution in [0.5, 0.6) is 0 Å². The first kappa shape index (κ1) is 29.3. The van der Waals surface area contributed by atoms with Gasteiger partial charge in [0.1, 0.15) is 18.4 Å². The van der Waals surface area contributed by atoms with Crippen molar-refractivity contribution in [3.05, 3.63) is 95.3 Å². The molecule has 0 radical (unpaired) electrons. The quantitative estimate of drug-likeness (QED) is 0.370. The Hall–Kier alpha value is -3.72. The van der Waals surface area contributed by atoms with Crippen molar-refractivity contribution in [3.8, 4) is 0 Å². The van der Waals surface area contributed by atoms with Gasteiger partial charge in [-0.3, -0.25) is 13.9 Å². The predicted octanol–water partition coefficient (Wildman–Crippen LogP) is 5.11. The number of carbonyl (C=O) groups is 2. The molecule has 212 valence electrons. The summed E-state index contributed by atoms with van der Waals surface area (Å²) < 4.78 is 43.5. The van der Waals surface area contributed by atoms with E-state index in [-0.39, 0.29) is 29.0 Å². The van der Waals surface area contributed by atoms with Crippen molar-refractivity contribution < 1.29 is 22.4 Å². The molecule has 1 saturated carbocycles. The Morgan fingerprint density at radius 2 is 1.62 bits per heavy atom. The van der Waals surface area contributed by atoms with Crippen LogP contribution in [-0.4, -0.2) is 43.8 Å². The summed E-state index contributed by atoms with van der Waals surface area (Å²) >= 11 is 0. The van der Waals surface area contributed by atoms with Crippen LogP contribution in [0.25, 0.3) is 0 Å². The molecule has 1 atom stereocenters. The minimum Gasteiger partial charge on any atom is -0.352 e. The van der Waals surface area contributed by atoms with Crippen molar-refractivity contribution in [3.63, 3.8) is 0 Å². The highest BCUT2D eigenvalue weighted by atomic mass is 32.2. The number of aryl methyl sites for hydroxylation is 2.